The molecule has 4 aromatic carbocycles. The van der Waals surface area contributed by atoms with Crippen LogP contribution in [0, 0.1) is 0 Å². The molecule has 0 N–H and O–H groups in total. The topological polar surface area (TPSA) is 39.2 Å². The summed E-state index contributed by atoms with van der Waals surface area (Å²) in [5.74, 6) is 0. The third-order valence-corrected chi connectivity index (χ3v) is 7.41. The Labute approximate surface area is 193 Å². The molecule has 0 bridgehead atoms. The van der Waals surface area contributed by atoms with Crippen molar-refractivity contribution in [2.75, 3.05) is 0 Å². The minimum absolute atomic E-state index is 0.848. The summed E-state index contributed by atoms with van der Waals surface area (Å²) in [4.78, 5) is 6.71. The van der Waals surface area contributed by atoms with Gasteiger partial charge in [-0.25, -0.2) is 4.98 Å². The van der Waals surface area contributed by atoms with Gasteiger partial charge < -0.3 is 8.83 Å². The Bertz CT molecular complexity index is 1760. The molecule has 0 atom stereocenters. The molecule has 33 heavy (non-hydrogen) atoms. The number of fused-ring (bicyclic) bond motifs is 4. The van der Waals surface area contributed by atoms with Crippen LogP contribution in [0.2, 0.25) is 0 Å². The average Bonchev–Trinajstić information content (AvgIpc) is 3.61. The number of para-hydroxylation sites is 1. The Morgan fingerprint density at radius 3 is 2.15 bits per heavy atom. The van der Waals surface area contributed by atoms with E-state index in [1.54, 1.807) is 17.6 Å². The number of thiophene rings is 1. The fraction of sp³-hybridized carbons (Fsp3) is 0. The molecule has 3 heterocycles. The summed E-state index contributed by atoms with van der Waals surface area (Å²) in [6, 6.07) is 31.7. The molecular formula is C29H17NO2S. The first-order valence-electron chi connectivity index (χ1n) is 10.8. The van der Waals surface area contributed by atoms with Crippen molar-refractivity contribution in [2.24, 2.45) is 0 Å². The zero-order valence-electron chi connectivity index (χ0n) is 17.5. The van der Waals surface area contributed by atoms with E-state index < -0.39 is 0 Å². The Morgan fingerprint density at radius 1 is 0.636 bits per heavy atom. The lowest BCUT2D eigenvalue weighted by atomic mass is 9.94. The molecule has 3 nitrogen and oxygen atoms in total. The van der Waals surface area contributed by atoms with E-state index in [9.17, 15) is 0 Å². The molecule has 0 aliphatic heterocycles. The van der Waals surface area contributed by atoms with Crippen LogP contribution < -0.4 is 0 Å². The van der Waals surface area contributed by atoms with Crippen molar-refractivity contribution in [3.8, 4) is 32.1 Å². The molecule has 7 rings (SSSR count). The van der Waals surface area contributed by atoms with Gasteiger partial charge in [0.25, 0.3) is 0 Å². The van der Waals surface area contributed by atoms with Gasteiger partial charge in [0.15, 0.2) is 6.39 Å². The molecule has 7 aromatic rings. The van der Waals surface area contributed by atoms with Gasteiger partial charge in [-0.2, -0.15) is 0 Å². The van der Waals surface area contributed by atoms with Crippen LogP contribution in [-0.4, -0.2) is 4.98 Å². The summed E-state index contributed by atoms with van der Waals surface area (Å²) >= 11 is 1.73. The van der Waals surface area contributed by atoms with E-state index in [4.69, 9.17) is 8.83 Å². The van der Waals surface area contributed by atoms with Gasteiger partial charge in [0.1, 0.15) is 23.1 Å². The third-order valence-electron chi connectivity index (χ3n) is 6.14. The summed E-state index contributed by atoms with van der Waals surface area (Å²) < 4.78 is 11.8. The van der Waals surface area contributed by atoms with Crippen molar-refractivity contribution in [1.82, 2.24) is 4.98 Å². The van der Waals surface area contributed by atoms with Gasteiger partial charge in [0, 0.05) is 32.0 Å². The van der Waals surface area contributed by atoms with Gasteiger partial charge >= 0.3 is 0 Å². The fourth-order valence-electron chi connectivity index (χ4n) is 4.66. The number of hydrogen-bond acceptors (Lipinski definition) is 4. The number of nitrogens with zero attached hydrogens (tertiary/aromatic N) is 1. The molecule has 0 saturated carbocycles. The molecular weight excluding hydrogens is 426 g/mol. The molecule has 4 heteroatoms. The van der Waals surface area contributed by atoms with E-state index in [0.717, 1.165) is 49.2 Å². The zero-order valence-corrected chi connectivity index (χ0v) is 18.3. The quantitative estimate of drug-likeness (QED) is 0.274. The van der Waals surface area contributed by atoms with Gasteiger partial charge in [-0.05, 0) is 23.3 Å². The van der Waals surface area contributed by atoms with Crippen LogP contribution in [0.3, 0.4) is 0 Å². The Hall–Kier alpha value is -4.15. The highest BCUT2D eigenvalue weighted by atomic mass is 32.1. The predicted molar refractivity (Wildman–Crippen MR) is 135 cm³/mol. The van der Waals surface area contributed by atoms with Crippen molar-refractivity contribution in [2.45, 2.75) is 0 Å². The van der Waals surface area contributed by atoms with Crippen LogP contribution in [-0.2, 0) is 0 Å². The molecule has 0 fully saturated rings. The average molecular weight is 444 g/mol. The highest BCUT2D eigenvalue weighted by molar-refractivity contribution is 7.21. The van der Waals surface area contributed by atoms with Crippen LogP contribution in [0.15, 0.2) is 112 Å². The molecule has 0 unspecified atom stereocenters. The van der Waals surface area contributed by atoms with Crippen LogP contribution >= 0.6 is 11.3 Å². The van der Waals surface area contributed by atoms with Crippen molar-refractivity contribution in [3.05, 3.63) is 104 Å². The van der Waals surface area contributed by atoms with E-state index in [1.165, 1.54) is 22.0 Å². The van der Waals surface area contributed by atoms with Crippen LogP contribution in [0.1, 0.15) is 0 Å². The maximum Gasteiger partial charge on any atom is 0.181 e. The zero-order chi connectivity index (χ0) is 21.8. The van der Waals surface area contributed by atoms with Crippen LogP contribution in [0.25, 0.3) is 64.8 Å². The second-order valence-corrected chi connectivity index (χ2v) is 9.03. The second-order valence-electron chi connectivity index (χ2n) is 8.01. The summed E-state index contributed by atoms with van der Waals surface area (Å²) in [6.07, 6.45) is 3.20. The molecule has 0 saturated heterocycles. The molecule has 0 amide bonds. The lowest BCUT2D eigenvalue weighted by molar-refractivity contribution is 0.558. The van der Waals surface area contributed by atoms with E-state index in [1.807, 2.05) is 18.2 Å². The third kappa shape index (κ3) is 2.78. The maximum atomic E-state index is 6.52. The van der Waals surface area contributed by atoms with Crippen molar-refractivity contribution < 1.29 is 8.83 Å². The first kappa shape index (κ1) is 18.4. The van der Waals surface area contributed by atoms with E-state index >= 15 is 0 Å². The maximum absolute atomic E-state index is 6.52. The highest BCUT2D eigenvalue weighted by Gasteiger charge is 2.23. The van der Waals surface area contributed by atoms with Crippen molar-refractivity contribution in [1.29, 1.82) is 0 Å². The molecule has 0 aliphatic carbocycles. The number of furan rings is 1. The number of rotatable bonds is 3. The smallest absolute Gasteiger partial charge is 0.181 e. The summed E-state index contributed by atoms with van der Waals surface area (Å²) in [7, 11) is 0. The van der Waals surface area contributed by atoms with Gasteiger partial charge in [-0.3, -0.25) is 0 Å². The molecule has 156 valence electrons. The van der Waals surface area contributed by atoms with E-state index in [-0.39, 0.29) is 0 Å². The second kappa shape index (κ2) is 7.19. The Morgan fingerprint density at radius 2 is 1.36 bits per heavy atom. The largest absolute Gasteiger partial charge is 0.455 e. The van der Waals surface area contributed by atoms with Gasteiger partial charge in [-0.15, -0.1) is 11.3 Å². The standard InChI is InChI=1S/C29H17NO2S/c1-2-8-18(9-3-1)19-14-15-21-20-10-6-7-13-25(20)32-27(21)26(19)29-23-12-5-4-11-22(23)28(33-29)24-16-31-17-30-24/h1-17H. The number of oxazole rings is 1. The molecule has 0 aliphatic rings. The van der Waals surface area contributed by atoms with Gasteiger partial charge in [0.05, 0.1) is 4.88 Å². The van der Waals surface area contributed by atoms with Crippen LogP contribution in [0.5, 0.6) is 0 Å². The minimum atomic E-state index is 0.848. The summed E-state index contributed by atoms with van der Waals surface area (Å²) in [5.41, 5.74) is 6.09. The molecule has 0 spiro atoms. The summed E-state index contributed by atoms with van der Waals surface area (Å²) in [5, 5.41) is 4.61. The fourth-order valence-corrected chi connectivity index (χ4v) is 5.95. The van der Waals surface area contributed by atoms with E-state index in [0.29, 0.717) is 0 Å². The number of hydrogen-bond donors (Lipinski definition) is 0. The number of benzene rings is 4. The predicted octanol–water partition coefficient (Wildman–Crippen LogP) is 8.79. The lowest BCUT2D eigenvalue weighted by Crippen LogP contribution is -1.85. The Balaban J connectivity index is 1.65. The molecule has 0 radical (unpaired) electrons. The Kier molecular flexibility index (Phi) is 4.01. The normalized spacial score (nSPS) is 11.6. The van der Waals surface area contributed by atoms with Gasteiger partial charge in [-0.1, -0.05) is 78.9 Å². The first-order valence-corrected chi connectivity index (χ1v) is 11.6. The van der Waals surface area contributed by atoms with Crippen LogP contribution in [0.4, 0.5) is 0 Å². The SMILES string of the molecule is c1ccc(-c2ccc3c(oc4ccccc43)c2-c2sc(-c3cocn3)c3ccccc23)cc1. The van der Waals surface area contributed by atoms with E-state index in [2.05, 4.69) is 77.8 Å². The number of aromatic nitrogens is 1. The minimum Gasteiger partial charge on any atom is -0.455 e. The lowest BCUT2D eigenvalue weighted by Gasteiger charge is -2.10. The monoisotopic (exact) mass is 443 g/mol. The van der Waals surface area contributed by atoms with Gasteiger partial charge in [0.2, 0.25) is 0 Å². The van der Waals surface area contributed by atoms with Crippen molar-refractivity contribution in [3.63, 3.8) is 0 Å². The van der Waals surface area contributed by atoms with Crippen molar-refractivity contribution >= 4 is 44.0 Å². The highest BCUT2D eigenvalue weighted by Crippen LogP contribution is 2.49. The molecule has 3 aromatic heterocycles. The summed E-state index contributed by atoms with van der Waals surface area (Å²) in [6.45, 7) is 0. The first-order chi connectivity index (χ1) is 16.4.